The molecule has 6 atom stereocenters. The number of rotatable bonds is 5. The third kappa shape index (κ3) is 4.00. The molecule has 6 aromatic carbocycles. The van der Waals surface area contributed by atoms with Gasteiger partial charge in [-0.2, -0.15) is 0 Å². The fourth-order valence-corrected chi connectivity index (χ4v) is 14.2. The Balaban J connectivity index is 1.16. The fourth-order valence-electron chi connectivity index (χ4n) is 14.2. The van der Waals surface area contributed by atoms with Gasteiger partial charge < -0.3 is 4.90 Å². The Hall–Kier alpha value is -4.88. The molecule has 2 bridgehead atoms. The van der Waals surface area contributed by atoms with Gasteiger partial charge in [-0.05, 0) is 153 Å². The summed E-state index contributed by atoms with van der Waals surface area (Å²) in [7, 11) is 0. The second-order valence-corrected chi connectivity index (χ2v) is 19.6. The maximum absolute atomic E-state index is 2.69. The van der Waals surface area contributed by atoms with Crippen LogP contribution in [0.1, 0.15) is 88.5 Å². The van der Waals surface area contributed by atoms with Crippen LogP contribution in [0.15, 0.2) is 140 Å². The summed E-state index contributed by atoms with van der Waals surface area (Å²) < 4.78 is 0. The Bertz CT molecular complexity index is 2530. The molecule has 0 radical (unpaired) electrons. The van der Waals surface area contributed by atoms with E-state index in [1.54, 1.807) is 11.1 Å². The van der Waals surface area contributed by atoms with E-state index in [-0.39, 0.29) is 16.2 Å². The van der Waals surface area contributed by atoms with Crippen molar-refractivity contribution in [3.05, 3.63) is 162 Å². The van der Waals surface area contributed by atoms with Gasteiger partial charge in [0, 0.05) is 16.7 Å². The maximum Gasteiger partial charge on any atom is 0.0543 e. The van der Waals surface area contributed by atoms with Crippen LogP contribution in [-0.4, -0.2) is 0 Å². The normalized spacial score (nSPS) is 29.1. The summed E-state index contributed by atoms with van der Waals surface area (Å²) in [5.74, 6) is 3.35. The molecular formula is C54H51N. The molecule has 6 aromatic rings. The summed E-state index contributed by atoms with van der Waals surface area (Å²) in [6.07, 6.45) is 8.15. The van der Waals surface area contributed by atoms with Gasteiger partial charge in [0.1, 0.15) is 0 Å². The van der Waals surface area contributed by atoms with Gasteiger partial charge in [0.15, 0.2) is 0 Å². The highest BCUT2D eigenvalue weighted by Crippen LogP contribution is 2.90. The number of anilines is 3. The van der Waals surface area contributed by atoms with E-state index in [2.05, 4.69) is 172 Å². The Kier molecular flexibility index (Phi) is 6.42. The zero-order valence-electron chi connectivity index (χ0n) is 32.8. The van der Waals surface area contributed by atoms with Crippen LogP contribution in [0.3, 0.4) is 0 Å². The number of nitrogens with zero attached hydrogens (tertiary/aromatic N) is 1. The molecule has 0 amide bonds. The van der Waals surface area contributed by atoms with Crippen molar-refractivity contribution in [2.24, 2.45) is 29.1 Å². The third-order valence-corrected chi connectivity index (χ3v) is 16.4. The molecule has 6 aliphatic rings. The highest BCUT2D eigenvalue weighted by atomic mass is 15.2. The molecule has 0 N–H and O–H groups in total. The molecule has 272 valence electrons. The number of benzene rings is 6. The summed E-state index contributed by atoms with van der Waals surface area (Å²) in [4.78, 5) is 2.69. The van der Waals surface area contributed by atoms with E-state index in [0.29, 0.717) is 5.41 Å². The number of hydrogen-bond acceptors (Lipinski definition) is 1. The summed E-state index contributed by atoms with van der Waals surface area (Å²) in [6, 6.07) is 53.6. The van der Waals surface area contributed by atoms with Crippen molar-refractivity contribution < 1.29 is 0 Å². The van der Waals surface area contributed by atoms with Gasteiger partial charge in [-0.3, -0.25) is 0 Å². The lowest BCUT2D eigenvalue weighted by Crippen LogP contribution is -2.73. The van der Waals surface area contributed by atoms with Crippen molar-refractivity contribution in [1.29, 1.82) is 0 Å². The smallest absolute Gasteiger partial charge is 0.0543 e. The SMILES string of the molecule is CC1(C)CCC(C)(C)c2c(N(c3ccc(-c4ccccc4)cc3)c3ccc(-c4ccccc4)c4c3-c3ccccc3C43C4CC5CC6CC3C64C5)cccc21. The minimum absolute atomic E-state index is 0.0420. The van der Waals surface area contributed by atoms with Crippen LogP contribution in [0, 0.1) is 29.1 Å². The molecule has 0 aromatic heterocycles. The van der Waals surface area contributed by atoms with Gasteiger partial charge in [0.05, 0.1) is 11.4 Å². The van der Waals surface area contributed by atoms with E-state index < -0.39 is 0 Å². The van der Waals surface area contributed by atoms with Crippen molar-refractivity contribution in [3.8, 4) is 33.4 Å². The largest absolute Gasteiger partial charge is 0.310 e. The summed E-state index contributed by atoms with van der Waals surface area (Å²) in [6.45, 7) is 9.91. The van der Waals surface area contributed by atoms with Gasteiger partial charge in [-0.15, -0.1) is 0 Å². The molecule has 0 saturated heterocycles. The predicted molar refractivity (Wildman–Crippen MR) is 228 cm³/mol. The number of fused-ring (bicyclic) bond motifs is 9. The molecule has 6 aliphatic carbocycles. The Morgan fingerprint density at radius 3 is 1.91 bits per heavy atom. The van der Waals surface area contributed by atoms with E-state index in [1.807, 2.05) is 0 Å². The van der Waals surface area contributed by atoms with Gasteiger partial charge in [0.25, 0.3) is 0 Å². The monoisotopic (exact) mass is 713 g/mol. The second kappa shape index (κ2) is 10.9. The molecular weight excluding hydrogens is 663 g/mol. The third-order valence-electron chi connectivity index (χ3n) is 16.4. The summed E-state index contributed by atoms with van der Waals surface area (Å²) >= 11 is 0. The minimum Gasteiger partial charge on any atom is -0.310 e. The molecule has 0 heterocycles. The maximum atomic E-state index is 2.69. The van der Waals surface area contributed by atoms with Crippen LogP contribution in [-0.2, 0) is 16.2 Å². The van der Waals surface area contributed by atoms with Crippen molar-refractivity contribution in [2.75, 3.05) is 4.90 Å². The highest BCUT2D eigenvalue weighted by Gasteiger charge is 2.85. The van der Waals surface area contributed by atoms with Crippen molar-refractivity contribution in [1.82, 2.24) is 0 Å². The highest BCUT2D eigenvalue weighted by molar-refractivity contribution is 6.00. The first-order valence-electron chi connectivity index (χ1n) is 21.2. The lowest BCUT2D eigenvalue weighted by atomic mass is 9.26. The zero-order chi connectivity index (χ0) is 36.9. The summed E-state index contributed by atoms with van der Waals surface area (Å²) in [5.41, 5.74) is 19.3. The van der Waals surface area contributed by atoms with Crippen molar-refractivity contribution in [2.45, 2.75) is 82.5 Å². The van der Waals surface area contributed by atoms with Gasteiger partial charge in [0.2, 0.25) is 0 Å². The standard InChI is InChI=1S/C54H51N/c1-51(2)28-29-52(3,4)50-43(51)20-13-21-45(50)55(39-24-22-36(23-25-39)35-14-7-5-8-15-35)44-27-26-40(37-16-9-6-10-17-37)49-48(44)41-18-11-12-19-42(41)54(49)46-31-34-30-38-32-47(54)53(38,46)33-34/h5-27,34,38,46-47H,28-33H2,1-4H3. The molecule has 1 heteroatoms. The molecule has 1 nitrogen and oxygen atoms in total. The van der Waals surface area contributed by atoms with Crippen molar-refractivity contribution >= 4 is 17.1 Å². The second-order valence-electron chi connectivity index (χ2n) is 19.6. The van der Waals surface area contributed by atoms with Gasteiger partial charge in [-0.1, -0.05) is 143 Å². The molecule has 4 fully saturated rings. The average molecular weight is 714 g/mol. The molecule has 12 rings (SSSR count). The topological polar surface area (TPSA) is 3.24 Å². The molecule has 55 heavy (non-hydrogen) atoms. The lowest BCUT2D eigenvalue weighted by Gasteiger charge is -2.76. The molecule has 6 unspecified atom stereocenters. The van der Waals surface area contributed by atoms with Crippen LogP contribution >= 0.6 is 0 Å². The van der Waals surface area contributed by atoms with Crippen LogP contribution in [0.2, 0.25) is 0 Å². The fraction of sp³-hybridized carbons (Fsp3) is 0.333. The average Bonchev–Trinajstić information content (AvgIpc) is 3.85. The first kappa shape index (κ1) is 32.4. The molecule has 0 aliphatic heterocycles. The molecule has 2 spiro atoms. The first-order chi connectivity index (χ1) is 26.7. The quantitative estimate of drug-likeness (QED) is 0.172. The van der Waals surface area contributed by atoms with Crippen LogP contribution in [0.25, 0.3) is 33.4 Å². The van der Waals surface area contributed by atoms with E-state index >= 15 is 0 Å². The Morgan fingerprint density at radius 2 is 1.15 bits per heavy atom. The van der Waals surface area contributed by atoms with Crippen molar-refractivity contribution in [3.63, 3.8) is 0 Å². The van der Waals surface area contributed by atoms with Gasteiger partial charge >= 0.3 is 0 Å². The Morgan fingerprint density at radius 1 is 0.491 bits per heavy atom. The van der Waals surface area contributed by atoms with Crippen LogP contribution in [0.5, 0.6) is 0 Å². The first-order valence-corrected chi connectivity index (χ1v) is 21.2. The van der Waals surface area contributed by atoms with Crippen LogP contribution in [0.4, 0.5) is 17.1 Å². The van der Waals surface area contributed by atoms with Crippen LogP contribution < -0.4 is 4.90 Å². The predicted octanol–water partition coefficient (Wildman–Crippen LogP) is 14.2. The minimum atomic E-state index is 0.0420. The lowest BCUT2D eigenvalue weighted by molar-refractivity contribution is -0.231. The number of hydrogen-bond donors (Lipinski definition) is 0. The van der Waals surface area contributed by atoms with E-state index in [9.17, 15) is 0 Å². The summed E-state index contributed by atoms with van der Waals surface area (Å²) in [5, 5.41) is 0. The zero-order valence-corrected chi connectivity index (χ0v) is 32.8. The Labute approximate surface area is 327 Å². The van der Waals surface area contributed by atoms with E-state index in [4.69, 9.17) is 0 Å². The molecule has 4 saturated carbocycles. The van der Waals surface area contributed by atoms with E-state index in [1.165, 1.54) is 100 Å². The van der Waals surface area contributed by atoms with E-state index in [0.717, 1.165) is 23.7 Å². The van der Waals surface area contributed by atoms with Gasteiger partial charge in [-0.25, -0.2) is 0 Å².